The molecule has 4 rings (SSSR count). The zero-order valence-corrected chi connectivity index (χ0v) is 13.1. The van der Waals surface area contributed by atoms with Gasteiger partial charge in [0.25, 0.3) is 0 Å². The van der Waals surface area contributed by atoms with Gasteiger partial charge in [-0.05, 0) is 82.5 Å². The van der Waals surface area contributed by atoms with E-state index >= 15 is 0 Å². The molecule has 0 amide bonds. The summed E-state index contributed by atoms with van der Waals surface area (Å²) in [4.78, 5) is 12.5. The van der Waals surface area contributed by atoms with E-state index in [9.17, 15) is 4.79 Å². The maximum absolute atomic E-state index is 12.5. The molecular weight excluding hydrogens is 250 g/mol. The predicted octanol–water partition coefficient (Wildman–Crippen LogP) is 2.98. The molecule has 0 saturated heterocycles. The second-order valence-corrected chi connectivity index (χ2v) is 8.38. The summed E-state index contributed by atoms with van der Waals surface area (Å²) < 4.78 is 5.63. The van der Waals surface area contributed by atoms with Crippen LogP contribution < -0.4 is 5.73 Å². The molecule has 114 valence electrons. The van der Waals surface area contributed by atoms with Gasteiger partial charge in [0.2, 0.25) is 0 Å². The van der Waals surface area contributed by atoms with Crippen LogP contribution in [0.15, 0.2) is 0 Å². The minimum absolute atomic E-state index is 0.0579. The summed E-state index contributed by atoms with van der Waals surface area (Å²) in [6, 6.07) is 0. The largest absolute Gasteiger partial charge is 0.460 e. The molecular formula is C17H29NO2. The average molecular weight is 279 g/mol. The summed E-state index contributed by atoms with van der Waals surface area (Å²) in [7, 11) is 0. The molecule has 1 unspecified atom stereocenters. The monoisotopic (exact) mass is 279 g/mol. The first kappa shape index (κ1) is 14.4. The molecule has 4 fully saturated rings. The van der Waals surface area contributed by atoms with Gasteiger partial charge in [-0.3, -0.25) is 4.79 Å². The Balaban J connectivity index is 1.74. The highest BCUT2D eigenvalue weighted by molar-refractivity contribution is 5.73. The first-order valence-electron chi connectivity index (χ1n) is 8.30. The third-order valence-electron chi connectivity index (χ3n) is 5.73. The lowest BCUT2D eigenvalue weighted by molar-refractivity contribution is -0.168. The molecule has 4 aliphatic rings. The standard InChI is InChI=1S/C17H29NO2/c1-17(2,3)20-16(19)14(9-18)15-12-5-10-4-11(7-12)8-13(15)6-10/h10-15H,4-9,18H2,1-3H3. The SMILES string of the molecule is CC(C)(C)OC(=O)C(CN)C1C2CC3CC(C2)CC1C3. The Kier molecular flexibility index (Phi) is 3.60. The van der Waals surface area contributed by atoms with E-state index in [-0.39, 0.29) is 11.9 Å². The second kappa shape index (κ2) is 5.01. The van der Waals surface area contributed by atoms with E-state index in [1.165, 1.54) is 32.1 Å². The molecule has 0 heterocycles. The van der Waals surface area contributed by atoms with E-state index in [4.69, 9.17) is 10.5 Å². The summed E-state index contributed by atoms with van der Waals surface area (Å²) in [5.41, 5.74) is 5.57. The van der Waals surface area contributed by atoms with Crippen LogP contribution in [0.2, 0.25) is 0 Å². The van der Waals surface area contributed by atoms with Gasteiger partial charge >= 0.3 is 5.97 Å². The van der Waals surface area contributed by atoms with Crippen molar-refractivity contribution in [1.29, 1.82) is 0 Å². The van der Waals surface area contributed by atoms with Gasteiger partial charge in [-0.15, -0.1) is 0 Å². The zero-order valence-electron chi connectivity index (χ0n) is 13.1. The van der Waals surface area contributed by atoms with E-state index < -0.39 is 5.60 Å². The Bertz CT molecular complexity index is 357. The van der Waals surface area contributed by atoms with E-state index in [0.717, 1.165) is 23.7 Å². The Labute approximate surface area is 122 Å². The maximum Gasteiger partial charge on any atom is 0.311 e. The number of hydrogen-bond acceptors (Lipinski definition) is 3. The molecule has 3 heteroatoms. The molecule has 1 atom stereocenters. The first-order valence-corrected chi connectivity index (χ1v) is 8.30. The zero-order chi connectivity index (χ0) is 14.5. The average Bonchev–Trinajstić information content (AvgIpc) is 2.30. The third-order valence-corrected chi connectivity index (χ3v) is 5.73. The van der Waals surface area contributed by atoms with Crippen LogP contribution in [0.5, 0.6) is 0 Å². The maximum atomic E-state index is 12.5. The molecule has 0 radical (unpaired) electrons. The number of hydrogen-bond donors (Lipinski definition) is 1. The molecule has 3 nitrogen and oxygen atoms in total. The highest BCUT2D eigenvalue weighted by Gasteiger charge is 2.52. The van der Waals surface area contributed by atoms with Crippen LogP contribution in [0.4, 0.5) is 0 Å². The molecule has 4 saturated carbocycles. The van der Waals surface area contributed by atoms with E-state index in [1.54, 1.807) is 0 Å². The lowest BCUT2D eigenvalue weighted by Crippen LogP contribution is -2.51. The number of rotatable bonds is 3. The van der Waals surface area contributed by atoms with Gasteiger partial charge in [0.05, 0.1) is 5.92 Å². The van der Waals surface area contributed by atoms with Crippen molar-refractivity contribution in [3.63, 3.8) is 0 Å². The molecule has 0 aliphatic heterocycles. The molecule has 0 aromatic carbocycles. The first-order chi connectivity index (χ1) is 9.37. The Morgan fingerprint density at radius 1 is 1.10 bits per heavy atom. The van der Waals surface area contributed by atoms with Gasteiger partial charge in [-0.1, -0.05) is 0 Å². The molecule has 4 aliphatic carbocycles. The number of carbonyl (C=O) groups excluding carboxylic acids is 1. The van der Waals surface area contributed by atoms with Gasteiger partial charge < -0.3 is 10.5 Å². The number of nitrogens with two attached hydrogens (primary N) is 1. The van der Waals surface area contributed by atoms with E-state index in [1.807, 2.05) is 20.8 Å². The Morgan fingerprint density at radius 2 is 1.60 bits per heavy atom. The predicted molar refractivity (Wildman–Crippen MR) is 78.9 cm³/mol. The molecule has 0 aromatic heterocycles. The fraction of sp³-hybridized carbons (Fsp3) is 0.941. The lowest BCUT2D eigenvalue weighted by atomic mass is 9.49. The third kappa shape index (κ3) is 2.61. The molecule has 0 spiro atoms. The summed E-state index contributed by atoms with van der Waals surface area (Å²) in [5.74, 6) is 3.68. The van der Waals surface area contributed by atoms with Gasteiger partial charge in [0.1, 0.15) is 5.60 Å². The normalized spacial score (nSPS) is 40.7. The van der Waals surface area contributed by atoms with Crippen molar-refractivity contribution in [2.75, 3.05) is 6.54 Å². The number of ether oxygens (including phenoxy) is 1. The molecule has 2 N–H and O–H groups in total. The van der Waals surface area contributed by atoms with Crippen molar-refractivity contribution < 1.29 is 9.53 Å². The van der Waals surface area contributed by atoms with Crippen molar-refractivity contribution in [2.24, 2.45) is 41.2 Å². The quantitative estimate of drug-likeness (QED) is 0.808. The summed E-state index contributed by atoms with van der Waals surface area (Å²) >= 11 is 0. The molecule has 20 heavy (non-hydrogen) atoms. The number of esters is 1. The molecule has 4 bridgehead atoms. The van der Waals surface area contributed by atoms with Crippen molar-refractivity contribution in [3.05, 3.63) is 0 Å². The summed E-state index contributed by atoms with van der Waals surface area (Å²) in [5, 5.41) is 0. The van der Waals surface area contributed by atoms with Crippen LogP contribution >= 0.6 is 0 Å². The fourth-order valence-corrected chi connectivity index (χ4v) is 5.41. The van der Waals surface area contributed by atoms with Gasteiger partial charge in [-0.25, -0.2) is 0 Å². The molecule has 0 aromatic rings. The topological polar surface area (TPSA) is 52.3 Å². The summed E-state index contributed by atoms with van der Waals surface area (Å²) in [6.45, 7) is 6.27. The van der Waals surface area contributed by atoms with Crippen LogP contribution in [0.1, 0.15) is 52.9 Å². The van der Waals surface area contributed by atoms with Crippen LogP contribution in [0.3, 0.4) is 0 Å². The van der Waals surface area contributed by atoms with Crippen molar-refractivity contribution in [1.82, 2.24) is 0 Å². The Hall–Kier alpha value is -0.570. The number of carbonyl (C=O) groups is 1. The lowest BCUT2D eigenvalue weighted by Gasteiger charge is -2.56. The van der Waals surface area contributed by atoms with Gasteiger partial charge in [0, 0.05) is 6.54 Å². The van der Waals surface area contributed by atoms with E-state index in [0.29, 0.717) is 12.5 Å². The smallest absolute Gasteiger partial charge is 0.311 e. The van der Waals surface area contributed by atoms with Crippen LogP contribution in [-0.4, -0.2) is 18.1 Å². The minimum Gasteiger partial charge on any atom is -0.460 e. The highest BCUT2D eigenvalue weighted by atomic mass is 16.6. The van der Waals surface area contributed by atoms with Gasteiger partial charge in [0.15, 0.2) is 0 Å². The Morgan fingerprint density at radius 3 is 2.00 bits per heavy atom. The minimum atomic E-state index is -0.406. The van der Waals surface area contributed by atoms with Gasteiger partial charge in [-0.2, -0.15) is 0 Å². The van der Waals surface area contributed by atoms with E-state index in [2.05, 4.69) is 0 Å². The van der Waals surface area contributed by atoms with Crippen LogP contribution in [0.25, 0.3) is 0 Å². The van der Waals surface area contributed by atoms with Crippen LogP contribution in [0, 0.1) is 35.5 Å². The van der Waals surface area contributed by atoms with Crippen molar-refractivity contribution in [2.45, 2.75) is 58.5 Å². The second-order valence-electron chi connectivity index (χ2n) is 8.38. The highest BCUT2D eigenvalue weighted by Crippen LogP contribution is 2.58. The van der Waals surface area contributed by atoms with Crippen molar-refractivity contribution in [3.8, 4) is 0 Å². The fourth-order valence-electron chi connectivity index (χ4n) is 5.41. The van der Waals surface area contributed by atoms with Crippen molar-refractivity contribution >= 4 is 5.97 Å². The van der Waals surface area contributed by atoms with Crippen LogP contribution in [-0.2, 0) is 9.53 Å². The summed E-state index contributed by atoms with van der Waals surface area (Å²) in [6.07, 6.45) is 6.77.